The van der Waals surface area contributed by atoms with Crippen molar-refractivity contribution in [1.29, 1.82) is 0 Å². The average molecular weight is 234 g/mol. The van der Waals surface area contributed by atoms with Gasteiger partial charge in [-0.15, -0.1) is 0 Å². The maximum absolute atomic E-state index is 11.4. The van der Waals surface area contributed by atoms with E-state index in [1.165, 1.54) is 12.3 Å². The van der Waals surface area contributed by atoms with Crippen LogP contribution in [0.25, 0.3) is 0 Å². The Hall–Kier alpha value is -0.800. The molecule has 0 atom stereocenters. The zero-order valence-corrected chi connectivity index (χ0v) is 9.26. The van der Waals surface area contributed by atoms with Crippen LogP contribution in [-0.4, -0.2) is 17.1 Å². The second-order valence-electron chi connectivity index (χ2n) is 2.94. The normalized spacial score (nSPS) is 10.4. The third kappa shape index (κ3) is 2.86. The first-order chi connectivity index (χ1) is 6.50. The van der Waals surface area contributed by atoms with E-state index in [1.54, 1.807) is 13.8 Å². The van der Waals surface area contributed by atoms with Crippen molar-refractivity contribution in [2.75, 3.05) is 0 Å². The number of hydrogen-bond acceptors (Lipinski definition) is 3. The Kier molecular flexibility index (Phi) is 3.72. The number of ether oxygens (including phenoxy) is 1. The van der Waals surface area contributed by atoms with Gasteiger partial charge < -0.3 is 4.74 Å². The summed E-state index contributed by atoms with van der Waals surface area (Å²) < 4.78 is 4.95. The van der Waals surface area contributed by atoms with E-state index in [-0.39, 0.29) is 21.8 Å². The zero-order valence-electron chi connectivity index (χ0n) is 7.75. The Labute approximate surface area is 92.0 Å². The molecule has 14 heavy (non-hydrogen) atoms. The van der Waals surface area contributed by atoms with E-state index in [2.05, 4.69) is 4.98 Å². The van der Waals surface area contributed by atoms with Crippen molar-refractivity contribution in [3.63, 3.8) is 0 Å². The lowest BCUT2D eigenvalue weighted by Crippen LogP contribution is -2.12. The van der Waals surface area contributed by atoms with Gasteiger partial charge in [-0.05, 0) is 19.9 Å². The van der Waals surface area contributed by atoms with E-state index in [0.29, 0.717) is 0 Å². The fraction of sp³-hybridized carbons (Fsp3) is 0.333. The monoisotopic (exact) mass is 233 g/mol. The van der Waals surface area contributed by atoms with Gasteiger partial charge in [0.15, 0.2) is 0 Å². The third-order valence-electron chi connectivity index (χ3n) is 1.38. The summed E-state index contributed by atoms with van der Waals surface area (Å²) in [7, 11) is 0. The Morgan fingerprint density at radius 2 is 2.14 bits per heavy atom. The molecule has 0 spiro atoms. The van der Waals surface area contributed by atoms with Crippen LogP contribution in [0.5, 0.6) is 0 Å². The summed E-state index contributed by atoms with van der Waals surface area (Å²) in [6.45, 7) is 3.52. The molecule has 0 aromatic carbocycles. The van der Waals surface area contributed by atoms with Crippen molar-refractivity contribution in [2.45, 2.75) is 20.0 Å². The second kappa shape index (κ2) is 4.62. The van der Waals surface area contributed by atoms with E-state index in [0.717, 1.165) is 0 Å². The van der Waals surface area contributed by atoms with Gasteiger partial charge >= 0.3 is 5.97 Å². The minimum absolute atomic E-state index is 0.186. The molecule has 1 aromatic heterocycles. The molecule has 1 rings (SSSR count). The molecule has 0 aliphatic carbocycles. The molecule has 0 radical (unpaired) electrons. The number of nitrogens with zero attached hydrogens (tertiary/aromatic N) is 1. The third-order valence-corrected chi connectivity index (χ3v) is 1.90. The van der Waals surface area contributed by atoms with E-state index >= 15 is 0 Å². The predicted molar refractivity (Wildman–Crippen MR) is 54.8 cm³/mol. The predicted octanol–water partition coefficient (Wildman–Crippen LogP) is 2.95. The highest BCUT2D eigenvalue weighted by Gasteiger charge is 2.13. The molecule has 0 amide bonds. The van der Waals surface area contributed by atoms with E-state index in [9.17, 15) is 4.79 Å². The highest BCUT2D eigenvalue weighted by Crippen LogP contribution is 2.19. The summed E-state index contributed by atoms with van der Waals surface area (Å²) in [5.41, 5.74) is 0.227. The van der Waals surface area contributed by atoms with Gasteiger partial charge in [-0.25, -0.2) is 9.78 Å². The largest absolute Gasteiger partial charge is 0.459 e. The van der Waals surface area contributed by atoms with Crippen LogP contribution >= 0.6 is 23.2 Å². The average Bonchev–Trinajstić information content (AvgIpc) is 2.01. The molecule has 76 valence electrons. The van der Waals surface area contributed by atoms with Crippen molar-refractivity contribution in [3.8, 4) is 0 Å². The second-order valence-corrected chi connectivity index (χ2v) is 3.74. The SMILES string of the molecule is CC(C)OC(=O)c1cnc(Cl)cc1Cl. The van der Waals surface area contributed by atoms with Gasteiger partial charge in [-0.2, -0.15) is 0 Å². The Balaban J connectivity index is 2.90. The quantitative estimate of drug-likeness (QED) is 0.583. The van der Waals surface area contributed by atoms with Crippen LogP contribution in [0.1, 0.15) is 24.2 Å². The molecule has 0 N–H and O–H groups in total. The fourth-order valence-corrected chi connectivity index (χ4v) is 1.28. The summed E-state index contributed by atoms with van der Waals surface area (Å²) in [6.07, 6.45) is 1.12. The maximum Gasteiger partial charge on any atom is 0.341 e. The van der Waals surface area contributed by atoms with Crippen molar-refractivity contribution >= 4 is 29.2 Å². The Morgan fingerprint density at radius 3 is 2.64 bits per heavy atom. The minimum Gasteiger partial charge on any atom is -0.459 e. The molecule has 0 saturated heterocycles. The lowest BCUT2D eigenvalue weighted by atomic mass is 10.3. The molecule has 3 nitrogen and oxygen atoms in total. The molecular weight excluding hydrogens is 225 g/mol. The van der Waals surface area contributed by atoms with Crippen LogP contribution in [0.2, 0.25) is 10.2 Å². The molecule has 1 heterocycles. The summed E-state index contributed by atoms with van der Waals surface area (Å²) in [5.74, 6) is -0.492. The van der Waals surface area contributed by atoms with Crippen LogP contribution in [0.4, 0.5) is 0 Å². The van der Waals surface area contributed by atoms with Crippen LogP contribution in [0, 0.1) is 0 Å². The molecular formula is C9H9Cl2NO2. The lowest BCUT2D eigenvalue weighted by Gasteiger charge is -2.08. The van der Waals surface area contributed by atoms with Crippen LogP contribution in [0.15, 0.2) is 12.3 Å². The number of hydrogen-bond donors (Lipinski definition) is 0. The van der Waals surface area contributed by atoms with Crippen LogP contribution in [0.3, 0.4) is 0 Å². The summed E-state index contributed by atoms with van der Waals surface area (Å²) in [4.78, 5) is 15.1. The van der Waals surface area contributed by atoms with Gasteiger partial charge in [-0.1, -0.05) is 23.2 Å². The summed E-state index contributed by atoms with van der Waals surface area (Å²) >= 11 is 11.4. The number of pyridine rings is 1. The molecule has 0 fully saturated rings. The van der Waals surface area contributed by atoms with Gasteiger partial charge in [-0.3, -0.25) is 0 Å². The first kappa shape index (κ1) is 11.3. The zero-order chi connectivity index (χ0) is 10.7. The van der Waals surface area contributed by atoms with Crippen molar-refractivity contribution in [1.82, 2.24) is 4.98 Å². The smallest absolute Gasteiger partial charge is 0.341 e. The van der Waals surface area contributed by atoms with Crippen molar-refractivity contribution in [3.05, 3.63) is 28.0 Å². The Morgan fingerprint density at radius 1 is 1.50 bits per heavy atom. The number of rotatable bonds is 2. The van der Waals surface area contributed by atoms with Crippen LogP contribution < -0.4 is 0 Å². The van der Waals surface area contributed by atoms with Gasteiger partial charge in [0, 0.05) is 6.20 Å². The van der Waals surface area contributed by atoms with Gasteiger partial charge in [0.2, 0.25) is 0 Å². The summed E-state index contributed by atoms with van der Waals surface area (Å²) in [5, 5.41) is 0.492. The molecule has 0 aliphatic rings. The minimum atomic E-state index is -0.492. The number of aromatic nitrogens is 1. The number of halogens is 2. The van der Waals surface area contributed by atoms with Crippen molar-refractivity contribution < 1.29 is 9.53 Å². The molecule has 0 unspecified atom stereocenters. The first-order valence-corrected chi connectivity index (χ1v) is 4.78. The first-order valence-electron chi connectivity index (χ1n) is 4.02. The lowest BCUT2D eigenvalue weighted by molar-refractivity contribution is 0.0377. The number of carbonyl (C=O) groups excluding carboxylic acids is 1. The molecule has 0 aliphatic heterocycles. The number of esters is 1. The standard InChI is InChI=1S/C9H9Cl2NO2/c1-5(2)14-9(13)6-4-12-8(11)3-7(6)10/h3-5H,1-2H3. The highest BCUT2D eigenvalue weighted by molar-refractivity contribution is 6.35. The van der Waals surface area contributed by atoms with Crippen LogP contribution in [-0.2, 0) is 4.74 Å². The molecule has 0 bridgehead atoms. The van der Waals surface area contributed by atoms with E-state index in [4.69, 9.17) is 27.9 Å². The topological polar surface area (TPSA) is 39.2 Å². The van der Waals surface area contributed by atoms with E-state index < -0.39 is 5.97 Å². The number of carbonyl (C=O) groups is 1. The molecule has 1 aromatic rings. The van der Waals surface area contributed by atoms with Gasteiger partial charge in [0.05, 0.1) is 16.7 Å². The fourth-order valence-electron chi connectivity index (χ4n) is 0.835. The maximum atomic E-state index is 11.4. The van der Waals surface area contributed by atoms with Crippen molar-refractivity contribution in [2.24, 2.45) is 0 Å². The summed E-state index contributed by atoms with van der Waals surface area (Å²) in [6, 6.07) is 1.40. The van der Waals surface area contributed by atoms with Gasteiger partial charge in [0.25, 0.3) is 0 Å². The highest BCUT2D eigenvalue weighted by atomic mass is 35.5. The van der Waals surface area contributed by atoms with E-state index in [1.807, 2.05) is 0 Å². The Bertz CT molecular complexity index is 353. The van der Waals surface area contributed by atoms with Gasteiger partial charge in [0.1, 0.15) is 5.15 Å². The molecule has 0 saturated carbocycles. The molecule has 5 heteroatoms.